The Hall–Kier alpha value is -1.68. The number of hydrogen-bond donors (Lipinski definition) is 0. The SMILES string of the molecule is Cc1nnc(N2CCN(Cc3ccc(Cl)s3)CC2)c(C#N)c1C. The molecular formula is C16H18ClN5S. The largest absolute Gasteiger partial charge is 0.351 e. The van der Waals surface area contributed by atoms with Crippen LogP contribution >= 0.6 is 22.9 Å². The molecule has 1 aliphatic heterocycles. The smallest absolute Gasteiger partial charge is 0.169 e. The van der Waals surface area contributed by atoms with Gasteiger partial charge in [0.2, 0.25) is 0 Å². The highest BCUT2D eigenvalue weighted by molar-refractivity contribution is 7.16. The number of rotatable bonds is 3. The van der Waals surface area contributed by atoms with Crippen LogP contribution in [-0.2, 0) is 6.54 Å². The first kappa shape index (κ1) is 16.2. The maximum atomic E-state index is 9.44. The van der Waals surface area contributed by atoms with Gasteiger partial charge in [-0.2, -0.15) is 10.4 Å². The highest BCUT2D eigenvalue weighted by Gasteiger charge is 2.22. The van der Waals surface area contributed by atoms with Crippen molar-refractivity contribution in [3.63, 3.8) is 0 Å². The summed E-state index contributed by atoms with van der Waals surface area (Å²) in [5, 5.41) is 17.9. The molecular weight excluding hydrogens is 330 g/mol. The molecule has 0 unspecified atom stereocenters. The van der Waals surface area contributed by atoms with Crippen LogP contribution in [0.1, 0.15) is 21.7 Å². The van der Waals surface area contributed by atoms with E-state index >= 15 is 0 Å². The van der Waals surface area contributed by atoms with Crippen LogP contribution in [0.25, 0.3) is 0 Å². The van der Waals surface area contributed by atoms with Crippen molar-refractivity contribution in [2.75, 3.05) is 31.1 Å². The third-order valence-electron chi connectivity index (χ3n) is 4.23. The normalized spacial score (nSPS) is 15.7. The summed E-state index contributed by atoms with van der Waals surface area (Å²) in [5.74, 6) is 0.717. The molecule has 0 atom stereocenters. The van der Waals surface area contributed by atoms with Gasteiger partial charge >= 0.3 is 0 Å². The van der Waals surface area contributed by atoms with E-state index in [1.165, 1.54) is 4.88 Å². The molecule has 0 saturated carbocycles. The summed E-state index contributed by atoms with van der Waals surface area (Å²) < 4.78 is 0.836. The van der Waals surface area contributed by atoms with E-state index in [2.05, 4.69) is 32.1 Å². The lowest BCUT2D eigenvalue weighted by Crippen LogP contribution is -2.46. The van der Waals surface area contributed by atoms with Gasteiger partial charge in [0.25, 0.3) is 0 Å². The second-order valence-corrected chi connectivity index (χ2v) is 7.49. The minimum Gasteiger partial charge on any atom is -0.351 e. The molecule has 120 valence electrons. The van der Waals surface area contributed by atoms with E-state index in [9.17, 15) is 5.26 Å². The van der Waals surface area contributed by atoms with Crippen molar-refractivity contribution < 1.29 is 0 Å². The molecule has 5 nitrogen and oxygen atoms in total. The van der Waals surface area contributed by atoms with Crippen molar-refractivity contribution in [3.05, 3.63) is 38.2 Å². The summed E-state index contributed by atoms with van der Waals surface area (Å²) >= 11 is 7.62. The number of anilines is 1. The van der Waals surface area contributed by atoms with Crippen LogP contribution in [0.4, 0.5) is 5.82 Å². The van der Waals surface area contributed by atoms with Crippen molar-refractivity contribution >= 4 is 28.8 Å². The van der Waals surface area contributed by atoms with Gasteiger partial charge in [-0.3, -0.25) is 4.90 Å². The topological polar surface area (TPSA) is 56.1 Å². The maximum Gasteiger partial charge on any atom is 0.169 e. The van der Waals surface area contributed by atoms with Gasteiger partial charge < -0.3 is 4.90 Å². The van der Waals surface area contributed by atoms with Crippen LogP contribution in [0.5, 0.6) is 0 Å². The highest BCUT2D eigenvalue weighted by Crippen LogP contribution is 2.25. The fraction of sp³-hybridized carbons (Fsp3) is 0.438. The predicted octanol–water partition coefficient (Wildman–Crippen LogP) is 3.00. The van der Waals surface area contributed by atoms with Crippen LogP contribution in [0.15, 0.2) is 12.1 Å². The molecule has 0 aromatic carbocycles. The van der Waals surface area contributed by atoms with Gasteiger partial charge in [-0.05, 0) is 31.5 Å². The van der Waals surface area contributed by atoms with Gasteiger partial charge in [0.05, 0.1) is 10.0 Å². The molecule has 7 heteroatoms. The summed E-state index contributed by atoms with van der Waals surface area (Å²) in [6.07, 6.45) is 0. The molecule has 0 bridgehead atoms. The molecule has 2 aromatic rings. The second kappa shape index (κ2) is 6.83. The number of aromatic nitrogens is 2. The first-order valence-electron chi connectivity index (χ1n) is 7.54. The number of hydrogen-bond acceptors (Lipinski definition) is 6. The fourth-order valence-corrected chi connectivity index (χ4v) is 3.86. The second-order valence-electron chi connectivity index (χ2n) is 5.69. The van der Waals surface area contributed by atoms with Gasteiger partial charge in [-0.25, -0.2) is 0 Å². The van der Waals surface area contributed by atoms with E-state index in [0.717, 1.165) is 54.1 Å². The molecule has 0 amide bonds. The van der Waals surface area contributed by atoms with Crippen molar-refractivity contribution in [1.29, 1.82) is 5.26 Å². The molecule has 0 N–H and O–H groups in total. The average molecular weight is 348 g/mol. The van der Waals surface area contributed by atoms with E-state index in [0.29, 0.717) is 5.56 Å². The lowest BCUT2D eigenvalue weighted by atomic mass is 10.1. The Labute approximate surface area is 145 Å². The zero-order chi connectivity index (χ0) is 16.4. The molecule has 3 rings (SSSR count). The number of nitriles is 1. The Balaban J connectivity index is 1.67. The summed E-state index contributed by atoms with van der Waals surface area (Å²) in [7, 11) is 0. The van der Waals surface area contributed by atoms with Crippen LogP contribution in [0.3, 0.4) is 0 Å². The van der Waals surface area contributed by atoms with Crippen molar-refractivity contribution in [2.24, 2.45) is 0 Å². The number of piperazine rings is 1. The Bertz CT molecular complexity index is 743. The highest BCUT2D eigenvalue weighted by atomic mass is 35.5. The lowest BCUT2D eigenvalue weighted by Gasteiger charge is -2.35. The van der Waals surface area contributed by atoms with Crippen LogP contribution in [0.2, 0.25) is 4.34 Å². The summed E-state index contributed by atoms with van der Waals surface area (Å²) in [6, 6.07) is 6.32. The van der Waals surface area contributed by atoms with Gasteiger partial charge in [0.15, 0.2) is 5.82 Å². The van der Waals surface area contributed by atoms with Gasteiger partial charge in [-0.1, -0.05) is 11.6 Å². The minimum atomic E-state index is 0.649. The zero-order valence-corrected chi connectivity index (χ0v) is 14.8. The summed E-state index contributed by atoms with van der Waals surface area (Å²) in [5.41, 5.74) is 2.39. The average Bonchev–Trinajstić information content (AvgIpc) is 2.96. The Morgan fingerprint density at radius 1 is 1.22 bits per heavy atom. The standard InChI is InChI=1S/C16H18ClN5S/c1-11-12(2)19-20-16(14(11)9-18)22-7-5-21(6-8-22)10-13-3-4-15(17)23-13/h3-4H,5-8,10H2,1-2H3. The van der Waals surface area contributed by atoms with E-state index in [1.807, 2.05) is 19.9 Å². The number of nitrogens with zero attached hydrogens (tertiary/aromatic N) is 5. The van der Waals surface area contributed by atoms with E-state index in [-0.39, 0.29) is 0 Å². The van der Waals surface area contributed by atoms with E-state index < -0.39 is 0 Å². The van der Waals surface area contributed by atoms with Crippen LogP contribution in [-0.4, -0.2) is 41.3 Å². The molecule has 1 aliphatic rings. The lowest BCUT2D eigenvalue weighted by molar-refractivity contribution is 0.251. The maximum absolute atomic E-state index is 9.44. The predicted molar refractivity (Wildman–Crippen MR) is 93.0 cm³/mol. The Morgan fingerprint density at radius 2 is 1.96 bits per heavy atom. The van der Waals surface area contributed by atoms with Crippen molar-refractivity contribution in [3.8, 4) is 6.07 Å². The number of thiophene rings is 1. The molecule has 1 fully saturated rings. The molecule has 1 saturated heterocycles. The molecule has 3 heterocycles. The van der Waals surface area contributed by atoms with E-state index in [4.69, 9.17) is 11.6 Å². The first-order chi connectivity index (χ1) is 11.1. The number of aryl methyl sites for hydroxylation is 1. The fourth-order valence-electron chi connectivity index (χ4n) is 2.73. The third kappa shape index (κ3) is 3.47. The first-order valence-corrected chi connectivity index (χ1v) is 8.73. The van der Waals surface area contributed by atoms with Crippen molar-refractivity contribution in [1.82, 2.24) is 15.1 Å². The Morgan fingerprint density at radius 3 is 2.57 bits per heavy atom. The molecule has 23 heavy (non-hydrogen) atoms. The quantitative estimate of drug-likeness (QED) is 0.854. The van der Waals surface area contributed by atoms with Gasteiger partial charge in [-0.15, -0.1) is 16.4 Å². The molecule has 0 spiro atoms. The molecule has 2 aromatic heterocycles. The Kier molecular flexibility index (Phi) is 4.81. The van der Waals surface area contributed by atoms with Gasteiger partial charge in [0, 0.05) is 37.6 Å². The van der Waals surface area contributed by atoms with E-state index in [1.54, 1.807) is 11.3 Å². The monoisotopic (exact) mass is 347 g/mol. The minimum absolute atomic E-state index is 0.649. The van der Waals surface area contributed by atoms with Crippen LogP contribution < -0.4 is 4.90 Å². The molecule has 0 aliphatic carbocycles. The third-order valence-corrected chi connectivity index (χ3v) is 5.44. The van der Waals surface area contributed by atoms with Crippen molar-refractivity contribution in [2.45, 2.75) is 20.4 Å². The van der Waals surface area contributed by atoms with Crippen LogP contribution in [0, 0.1) is 25.2 Å². The summed E-state index contributed by atoms with van der Waals surface area (Å²) in [4.78, 5) is 5.85. The summed E-state index contributed by atoms with van der Waals surface area (Å²) in [6.45, 7) is 8.33. The van der Waals surface area contributed by atoms with Gasteiger partial charge in [0.1, 0.15) is 11.6 Å². The number of halogens is 1. The zero-order valence-electron chi connectivity index (χ0n) is 13.2. The molecule has 0 radical (unpaired) electrons.